The van der Waals surface area contributed by atoms with Crippen molar-refractivity contribution in [1.82, 2.24) is 4.57 Å². The molecule has 2 rings (SSSR count). The van der Waals surface area contributed by atoms with Crippen LogP contribution in [0, 0.1) is 25.2 Å². The molecule has 0 fully saturated rings. The Kier molecular flexibility index (Phi) is 2.28. The normalized spacial score (nSPS) is 10.4. The van der Waals surface area contributed by atoms with Crippen LogP contribution >= 0.6 is 0 Å². The highest BCUT2D eigenvalue weighted by atomic mass is 16.1. The summed E-state index contributed by atoms with van der Waals surface area (Å²) in [7, 11) is 1.70. The Balaban J connectivity index is 3.06. The second-order valence-corrected chi connectivity index (χ2v) is 4.05. The van der Waals surface area contributed by atoms with E-state index in [0.717, 1.165) is 22.0 Å². The van der Waals surface area contributed by atoms with Crippen LogP contribution in [0.2, 0.25) is 0 Å². The molecule has 0 unspecified atom stereocenters. The van der Waals surface area contributed by atoms with Crippen molar-refractivity contribution in [2.24, 2.45) is 7.05 Å². The summed E-state index contributed by atoms with van der Waals surface area (Å²) in [6.45, 7) is 3.98. The largest absolute Gasteiger partial charge is 0.310 e. The van der Waals surface area contributed by atoms with Crippen LogP contribution in [0.1, 0.15) is 16.7 Å². The Morgan fingerprint density at radius 3 is 2.56 bits per heavy atom. The van der Waals surface area contributed by atoms with E-state index < -0.39 is 0 Å². The van der Waals surface area contributed by atoms with E-state index in [9.17, 15) is 4.79 Å². The summed E-state index contributed by atoms with van der Waals surface area (Å²) < 4.78 is 1.54. The van der Waals surface area contributed by atoms with Crippen molar-refractivity contribution in [1.29, 1.82) is 5.26 Å². The van der Waals surface area contributed by atoms with Crippen LogP contribution in [0.25, 0.3) is 10.9 Å². The average Bonchev–Trinajstić information content (AvgIpc) is 2.22. The lowest BCUT2D eigenvalue weighted by Crippen LogP contribution is -2.20. The summed E-state index contributed by atoms with van der Waals surface area (Å²) in [5.74, 6) is 0. The van der Waals surface area contributed by atoms with Crippen LogP contribution in [0.5, 0.6) is 0 Å². The molecule has 1 heterocycles. The highest BCUT2D eigenvalue weighted by molar-refractivity contribution is 5.84. The molecule has 0 aliphatic carbocycles. The van der Waals surface area contributed by atoms with E-state index in [1.807, 2.05) is 32.0 Å². The summed E-state index contributed by atoms with van der Waals surface area (Å²) in [6.07, 6.45) is 0. The Morgan fingerprint density at radius 1 is 1.25 bits per heavy atom. The average molecular weight is 212 g/mol. The molecule has 0 spiro atoms. The van der Waals surface area contributed by atoms with Crippen molar-refractivity contribution >= 4 is 10.9 Å². The van der Waals surface area contributed by atoms with Crippen molar-refractivity contribution in [2.45, 2.75) is 13.8 Å². The number of nitriles is 1. The van der Waals surface area contributed by atoms with Gasteiger partial charge in [-0.15, -0.1) is 0 Å². The molecule has 1 aromatic carbocycles. The molecule has 80 valence electrons. The molecule has 0 saturated carbocycles. The zero-order chi connectivity index (χ0) is 11.9. The highest BCUT2D eigenvalue weighted by Gasteiger charge is 2.08. The van der Waals surface area contributed by atoms with Gasteiger partial charge in [-0.2, -0.15) is 5.26 Å². The van der Waals surface area contributed by atoms with Gasteiger partial charge in [0, 0.05) is 12.4 Å². The zero-order valence-electron chi connectivity index (χ0n) is 9.53. The highest BCUT2D eigenvalue weighted by Crippen LogP contribution is 2.19. The SMILES string of the molecule is Cc1cc(C)c2c(c1)cc(C#N)c(=O)n2C. The molecule has 1 aromatic heterocycles. The number of hydrogen-bond acceptors (Lipinski definition) is 2. The Morgan fingerprint density at radius 2 is 1.94 bits per heavy atom. The molecular formula is C13H12N2O. The van der Waals surface area contributed by atoms with E-state index >= 15 is 0 Å². The predicted molar refractivity (Wildman–Crippen MR) is 63.4 cm³/mol. The lowest BCUT2D eigenvalue weighted by Gasteiger charge is -2.09. The van der Waals surface area contributed by atoms with Gasteiger partial charge in [-0.05, 0) is 31.5 Å². The van der Waals surface area contributed by atoms with Gasteiger partial charge < -0.3 is 4.57 Å². The summed E-state index contributed by atoms with van der Waals surface area (Å²) >= 11 is 0. The van der Waals surface area contributed by atoms with Gasteiger partial charge in [0.25, 0.3) is 5.56 Å². The summed E-state index contributed by atoms with van der Waals surface area (Å²) in [5, 5.41) is 9.82. The Hall–Kier alpha value is -2.08. The maximum Gasteiger partial charge on any atom is 0.268 e. The van der Waals surface area contributed by atoms with Gasteiger partial charge >= 0.3 is 0 Å². The fourth-order valence-electron chi connectivity index (χ4n) is 2.14. The van der Waals surface area contributed by atoms with Gasteiger partial charge in [0.05, 0.1) is 5.52 Å². The first-order valence-electron chi connectivity index (χ1n) is 5.05. The minimum Gasteiger partial charge on any atom is -0.310 e. The Bertz CT molecular complexity index is 675. The van der Waals surface area contributed by atoms with E-state index in [1.165, 1.54) is 0 Å². The summed E-state index contributed by atoms with van der Waals surface area (Å²) in [4.78, 5) is 11.8. The third kappa shape index (κ3) is 1.40. The molecule has 0 aliphatic heterocycles. The van der Waals surface area contributed by atoms with Crippen LogP contribution < -0.4 is 5.56 Å². The zero-order valence-corrected chi connectivity index (χ0v) is 9.53. The fourth-order valence-corrected chi connectivity index (χ4v) is 2.14. The molecule has 0 bridgehead atoms. The number of aromatic nitrogens is 1. The molecule has 0 atom stereocenters. The first kappa shape index (κ1) is 10.4. The molecule has 3 heteroatoms. The smallest absolute Gasteiger partial charge is 0.268 e. The van der Waals surface area contributed by atoms with E-state index in [4.69, 9.17) is 5.26 Å². The first-order chi connectivity index (χ1) is 7.54. The van der Waals surface area contributed by atoms with Crippen LogP contribution in [-0.4, -0.2) is 4.57 Å². The number of hydrogen-bond donors (Lipinski definition) is 0. The Labute approximate surface area is 93.6 Å². The molecule has 0 radical (unpaired) electrons. The third-order valence-corrected chi connectivity index (χ3v) is 2.77. The predicted octanol–water partition coefficient (Wildman–Crippen LogP) is 2.03. The van der Waals surface area contributed by atoms with Crippen LogP contribution in [0.4, 0.5) is 0 Å². The quantitative estimate of drug-likeness (QED) is 0.670. The molecule has 0 saturated heterocycles. The monoisotopic (exact) mass is 212 g/mol. The van der Waals surface area contributed by atoms with E-state index in [2.05, 4.69) is 0 Å². The van der Waals surface area contributed by atoms with Gasteiger partial charge in [0.1, 0.15) is 11.6 Å². The maximum absolute atomic E-state index is 11.8. The number of aryl methyl sites for hydroxylation is 3. The second-order valence-electron chi connectivity index (χ2n) is 4.05. The van der Waals surface area contributed by atoms with Gasteiger partial charge in [-0.3, -0.25) is 4.79 Å². The standard InChI is InChI=1S/C13H12N2O/c1-8-4-9(2)12-10(5-8)6-11(7-14)13(16)15(12)3/h4-6H,1-3H3. The van der Waals surface area contributed by atoms with Crippen molar-refractivity contribution in [3.63, 3.8) is 0 Å². The minimum atomic E-state index is -0.234. The van der Waals surface area contributed by atoms with Gasteiger partial charge in [0.15, 0.2) is 0 Å². The van der Waals surface area contributed by atoms with Crippen LogP contribution in [0.15, 0.2) is 23.0 Å². The summed E-state index contributed by atoms with van der Waals surface area (Å²) in [5.41, 5.74) is 3.04. The molecular weight excluding hydrogens is 200 g/mol. The third-order valence-electron chi connectivity index (χ3n) is 2.77. The van der Waals surface area contributed by atoms with E-state index in [0.29, 0.717) is 0 Å². The van der Waals surface area contributed by atoms with E-state index in [1.54, 1.807) is 17.7 Å². The summed E-state index contributed by atoms with van der Waals surface area (Å²) in [6, 6.07) is 7.62. The second kappa shape index (κ2) is 3.49. The van der Waals surface area contributed by atoms with Crippen molar-refractivity contribution in [2.75, 3.05) is 0 Å². The molecule has 0 aliphatic rings. The van der Waals surface area contributed by atoms with Crippen molar-refractivity contribution < 1.29 is 0 Å². The van der Waals surface area contributed by atoms with E-state index in [-0.39, 0.29) is 11.1 Å². The van der Waals surface area contributed by atoms with Gasteiger partial charge in [-0.25, -0.2) is 0 Å². The molecule has 3 nitrogen and oxygen atoms in total. The lowest BCUT2D eigenvalue weighted by atomic mass is 10.1. The minimum absolute atomic E-state index is 0.194. The molecule has 16 heavy (non-hydrogen) atoms. The molecule has 0 N–H and O–H groups in total. The fraction of sp³-hybridized carbons (Fsp3) is 0.231. The van der Waals surface area contributed by atoms with Crippen molar-refractivity contribution in [3.05, 3.63) is 45.2 Å². The van der Waals surface area contributed by atoms with Crippen LogP contribution in [0.3, 0.4) is 0 Å². The van der Waals surface area contributed by atoms with Gasteiger partial charge in [-0.1, -0.05) is 11.6 Å². The van der Waals surface area contributed by atoms with Crippen molar-refractivity contribution in [3.8, 4) is 6.07 Å². The number of rotatable bonds is 0. The molecule has 0 amide bonds. The maximum atomic E-state index is 11.8. The number of fused-ring (bicyclic) bond motifs is 1. The molecule has 2 aromatic rings. The number of pyridine rings is 1. The number of benzene rings is 1. The number of nitrogens with zero attached hydrogens (tertiary/aromatic N) is 2. The first-order valence-corrected chi connectivity index (χ1v) is 5.05. The van der Waals surface area contributed by atoms with Gasteiger partial charge in [0.2, 0.25) is 0 Å². The topological polar surface area (TPSA) is 45.8 Å². The lowest BCUT2D eigenvalue weighted by molar-refractivity contribution is 0.896. The van der Waals surface area contributed by atoms with Crippen LogP contribution in [-0.2, 0) is 7.05 Å².